The quantitative estimate of drug-likeness (QED) is 0.239. The second-order valence-electron chi connectivity index (χ2n) is 12.1. The molecule has 1 saturated heterocycles. The number of carboxylic acid groups (broad SMARTS) is 1. The maximum atomic E-state index is 13.4. The highest BCUT2D eigenvalue weighted by Gasteiger charge is 2.39. The number of carbonyl (C=O) groups excluding carboxylic acids is 2. The third kappa shape index (κ3) is 7.09. The van der Waals surface area contributed by atoms with E-state index in [0.717, 1.165) is 22.1 Å². The molecule has 0 saturated carbocycles. The number of benzene rings is 2. The number of piperazine rings is 1. The van der Waals surface area contributed by atoms with Crippen molar-refractivity contribution in [3.8, 4) is 16.9 Å². The number of methoxy groups -OCH3 is 1. The fourth-order valence-corrected chi connectivity index (χ4v) is 5.43. The van der Waals surface area contributed by atoms with E-state index in [1.54, 1.807) is 48.5 Å². The van der Waals surface area contributed by atoms with Crippen LogP contribution in [0.2, 0.25) is 0 Å². The summed E-state index contributed by atoms with van der Waals surface area (Å²) in [6, 6.07) is 16.2. The lowest BCUT2D eigenvalue weighted by molar-refractivity contribution is -0.116. The Bertz CT molecular complexity index is 1740. The SMILES string of the molecule is COc1cc(-c2ccc(C(=O)N3CCN(C(=O)O)C(C(C)(C)C)C3)cc2)cc2cc(CNC(=O)C=Cc3ccc(N)nc3)oc12. The molecule has 1 aliphatic rings. The van der Waals surface area contributed by atoms with Crippen LogP contribution in [0.3, 0.4) is 0 Å². The average Bonchev–Trinajstić information content (AvgIpc) is 3.45. The van der Waals surface area contributed by atoms with E-state index in [1.807, 2.05) is 51.1 Å². The zero-order valence-electron chi connectivity index (χ0n) is 25.7. The molecular formula is C34H37N5O6. The van der Waals surface area contributed by atoms with Gasteiger partial charge in [0.25, 0.3) is 5.91 Å². The first-order chi connectivity index (χ1) is 21.4. The Labute approximate surface area is 261 Å². The molecule has 0 spiro atoms. The highest BCUT2D eigenvalue weighted by molar-refractivity contribution is 5.96. The number of nitrogens with zero attached hydrogens (tertiary/aromatic N) is 3. The zero-order chi connectivity index (χ0) is 32.3. The number of pyridine rings is 1. The molecule has 3 amide bonds. The maximum Gasteiger partial charge on any atom is 0.407 e. The number of aromatic nitrogens is 1. The summed E-state index contributed by atoms with van der Waals surface area (Å²) >= 11 is 0. The molecule has 1 fully saturated rings. The van der Waals surface area contributed by atoms with Crippen molar-refractivity contribution in [2.24, 2.45) is 5.41 Å². The Morgan fingerprint density at radius 3 is 2.49 bits per heavy atom. The van der Waals surface area contributed by atoms with Gasteiger partial charge in [0.2, 0.25) is 5.91 Å². The molecule has 0 bridgehead atoms. The predicted molar refractivity (Wildman–Crippen MR) is 172 cm³/mol. The zero-order valence-corrected chi connectivity index (χ0v) is 25.7. The third-order valence-corrected chi connectivity index (χ3v) is 7.90. The topological polar surface area (TPSA) is 151 Å². The van der Waals surface area contributed by atoms with Crippen molar-refractivity contribution >= 4 is 40.8 Å². The van der Waals surface area contributed by atoms with Gasteiger partial charge in [0, 0.05) is 42.9 Å². The number of ether oxygens (including phenoxy) is 1. The number of rotatable bonds is 7. The second kappa shape index (κ2) is 12.7. The summed E-state index contributed by atoms with van der Waals surface area (Å²) in [5.74, 6) is 1.10. The lowest BCUT2D eigenvalue weighted by atomic mass is 9.84. The molecule has 4 N–H and O–H groups in total. The van der Waals surface area contributed by atoms with Crippen molar-refractivity contribution in [3.63, 3.8) is 0 Å². The molecule has 3 heterocycles. The number of anilines is 1. The van der Waals surface area contributed by atoms with Crippen LogP contribution in [-0.4, -0.2) is 70.6 Å². The molecular weight excluding hydrogens is 574 g/mol. The second-order valence-corrected chi connectivity index (χ2v) is 12.1. The van der Waals surface area contributed by atoms with Crippen molar-refractivity contribution in [2.45, 2.75) is 33.4 Å². The van der Waals surface area contributed by atoms with Crippen molar-refractivity contribution in [3.05, 3.63) is 83.8 Å². The molecule has 2 aromatic heterocycles. The number of nitrogen functional groups attached to an aromatic ring is 1. The number of amides is 3. The van der Waals surface area contributed by atoms with Crippen LogP contribution in [-0.2, 0) is 11.3 Å². The van der Waals surface area contributed by atoms with Gasteiger partial charge in [0.05, 0.1) is 19.7 Å². The summed E-state index contributed by atoms with van der Waals surface area (Å²) in [5, 5.41) is 13.3. The fourth-order valence-electron chi connectivity index (χ4n) is 5.43. The fraction of sp³-hybridized carbons (Fsp3) is 0.294. The van der Waals surface area contributed by atoms with E-state index < -0.39 is 6.09 Å². The van der Waals surface area contributed by atoms with Crippen molar-refractivity contribution in [1.82, 2.24) is 20.1 Å². The standard InChI is InChI=1S/C34H37N5O6/c1-34(2,3)28-20-38(13-14-39(28)33(42)43)32(41)23-9-7-22(8-10-23)24-15-25-16-26(45-31(25)27(17-24)44-4)19-37-30(40)12-6-21-5-11-29(35)36-18-21/h5-12,15-18,28H,13-14,19-20H2,1-4H3,(H2,35,36)(H,37,40)(H,42,43). The van der Waals surface area contributed by atoms with Crippen molar-refractivity contribution in [1.29, 1.82) is 0 Å². The van der Waals surface area contributed by atoms with Gasteiger partial charge in [-0.3, -0.25) is 9.59 Å². The first kappa shape index (κ1) is 31.1. The first-order valence-corrected chi connectivity index (χ1v) is 14.6. The molecule has 45 heavy (non-hydrogen) atoms. The van der Waals surface area contributed by atoms with E-state index in [-0.39, 0.29) is 36.4 Å². The minimum atomic E-state index is -0.964. The van der Waals surface area contributed by atoms with Gasteiger partial charge in [-0.15, -0.1) is 0 Å². The lowest BCUT2D eigenvalue weighted by Gasteiger charge is -2.45. The Kier molecular flexibility index (Phi) is 8.80. The van der Waals surface area contributed by atoms with E-state index in [1.165, 1.54) is 11.0 Å². The van der Waals surface area contributed by atoms with Crippen LogP contribution in [0.15, 0.2) is 71.3 Å². The van der Waals surface area contributed by atoms with E-state index >= 15 is 0 Å². The third-order valence-electron chi connectivity index (χ3n) is 7.90. The first-order valence-electron chi connectivity index (χ1n) is 14.6. The van der Waals surface area contributed by atoms with Gasteiger partial charge in [-0.2, -0.15) is 0 Å². The Morgan fingerprint density at radius 2 is 1.84 bits per heavy atom. The summed E-state index contributed by atoms with van der Waals surface area (Å²) in [4.78, 5) is 44.7. The number of nitrogens with two attached hydrogens (primary N) is 1. The van der Waals surface area contributed by atoms with Gasteiger partial charge in [0.1, 0.15) is 11.6 Å². The smallest absolute Gasteiger partial charge is 0.407 e. The number of fused-ring (bicyclic) bond motifs is 1. The van der Waals surface area contributed by atoms with Crippen molar-refractivity contribution < 1.29 is 28.6 Å². The van der Waals surface area contributed by atoms with Crippen LogP contribution < -0.4 is 15.8 Å². The van der Waals surface area contributed by atoms with E-state index in [0.29, 0.717) is 41.6 Å². The van der Waals surface area contributed by atoms with Gasteiger partial charge >= 0.3 is 6.09 Å². The van der Waals surface area contributed by atoms with Crippen LogP contribution in [0.4, 0.5) is 10.6 Å². The molecule has 11 nitrogen and oxygen atoms in total. The van der Waals surface area contributed by atoms with E-state index in [9.17, 15) is 19.5 Å². The van der Waals surface area contributed by atoms with Crippen LogP contribution in [0.25, 0.3) is 28.2 Å². The number of carbonyl (C=O) groups is 3. The monoisotopic (exact) mass is 611 g/mol. The van der Waals surface area contributed by atoms with Crippen LogP contribution in [0.1, 0.15) is 42.5 Å². The molecule has 1 atom stereocenters. The molecule has 234 valence electrons. The summed E-state index contributed by atoms with van der Waals surface area (Å²) in [7, 11) is 1.57. The van der Waals surface area contributed by atoms with Crippen LogP contribution in [0.5, 0.6) is 5.75 Å². The normalized spacial score (nSPS) is 15.4. The minimum absolute atomic E-state index is 0.129. The lowest BCUT2D eigenvalue weighted by Crippen LogP contribution is -2.60. The molecule has 4 aromatic rings. The number of hydrogen-bond acceptors (Lipinski definition) is 7. The van der Waals surface area contributed by atoms with E-state index in [4.69, 9.17) is 14.9 Å². The largest absolute Gasteiger partial charge is 0.493 e. The molecule has 5 rings (SSSR count). The van der Waals surface area contributed by atoms with Gasteiger partial charge in [-0.25, -0.2) is 9.78 Å². The molecule has 11 heteroatoms. The summed E-state index contributed by atoms with van der Waals surface area (Å²) < 4.78 is 11.6. The van der Waals surface area contributed by atoms with Crippen molar-refractivity contribution in [2.75, 3.05) is 32.5 Å². The highest BCUT2D eigenvalue weighted by Crippen LogP contribution is 2.35. The number of nitrogens with one attached hydrogen (secondary N) is 1. The molecule has 1 unspecified atom stereocenters. The maximum absolute atomic E-state index is 13.4. The van der Waals surface area contributed by atoms with Gasteiger partial charge in [0.15, 0.2) is 11.3 Å². The van der Waals surface area contributed by atoms with E-state index in [2.05, 4.69) is 10.3 Å². The predicted octanol–water partition coefficient (Wildman–Crippen LogP) is 5.27. The molecule has 0 radical (unpaired) electrons. The minimum Gasteiger partial charge on any atom is -0.493 e. The number of hydrogen-bond donors (Lipinski definition) is 3. The Morgan fingerprint density at radius 1 is 1.09 bits per heavy atom. The molecule has 0 aliphatic carbocycles. The van der Waals surface area contributed by atoms with Crippen LogP contribution in [0, 0.1) is 5.41 Å². The van der Waals surface area contributed by atoms with Gasteiger partial charge in [-0.05, 0) is 70.6 Å². The number of furan rings is 1. The summed E-state index contributed by atoms with van der Waals surface area (Å²) in [6.45, 7) is 7.09. The highest BCUT2D eigenvalue weighted by atomic mass is 16.5. The molecule has 2 aromatic carbocycles. The van der Waals surface area contributed by atoms with Crippen LogP contribution >= 0.6 is 0 Å². The summed E-state index contributed by atoms with van der Waals surface area (Å²) in [5.41, 5.74) is 8.89. The Hall–Kier alpha value is -5.32. The molecule has 1 aliphatic heterocycles. The van der Waals surface area contributed by atoms with Gasteiger partial charge in [-0.1, -0.05) is 32.9 Å². The average molecular weight is 612 g/mol. The van der Waals surface area contributed by atoms with Gasteiger partial charge < -0.3 is 35.1 Å². The summed E-state index contributed by atoms with van der Waals surface area (Å²) in [6.07, 6.45) is 3.69. The Balaban J connectivity index is 1.28.